The molecule has 3 aliphatic rings. The Balaban J connectivity index is 1.41. The molecule has 0 aromatic carbocycles. The Kier molecular flexibility index (Phi) is 5.91. The minimum atomic E-state index is -0.205. The highest BCUT2D eigenvalue weighted by molar-refractivity contribution is 5.97. The van der Waals surface area contributed by atoms with Crippen LogP contribution < -0.4 is 9.80 Å². The van der Waals surface area contributed by atoms with Crippen LogP contribution in [-0.4, -0.2) is 55.1 Å². The van der Waals surface area contributed by atoms with E-state index in [0.29, 0.717) is 0 Å². The zero-order chi connectivity index (χ0) is 19.6. The average Bonchev–Trinajstić information content (AvgIpc) is 3.28. The van der Waals surface area contributed by atoms with Crippen molar-refractivity contribution in [2.75, 3.05) is 43.0 Å². The van der Waals surface area contributed by atoms with E-state index >= 15 is 0 Å². The van der Waals surface area contributed by atoms with E-state index < -0.39 is 0 Å². The van der Waals surface area contributed by atoms with Gasteiger partial charge in [-0.15, -0.1) is 0 Å². The van der Waals surface area contributed by atoms with Gasteiger partial charge in [-0.05, 0) is 31.7 Å². The Hall–Kier alpha value is -1.62. The van der Waals surface area contributed by atoms with E-state index in [2.05, 4.69) is 27.8 Å². The maximum Gasteiger partial charge on any atom is 0.232 e. The van der Waals surface area contributed by atoms with E-state index in [1.807, 2.05) is 24.2 Å². The summed E-state index contributed by atoms with van der Waals surface area (Å²) in [5.74, 6) is 1.27. The number of carbonyl (C=O) groups is 1. The van der Waals surface area contributed by atoms with Crippen molar-refractivity contribution in [3.63, 3.8) is 0 Å². The van der Waals surface area contributed by atoms with Crippen molar-refractivity contribution in [2.24, 2.45) is 5.41 Å². The summed E-state index contributed by atoms with van der Waals surface area (Å²) in [5.41, 5.74) is 0.767. The quantitative estimate of drug-likeness (QED) is 0.784. The van der Waals surface area contributed by atoms with E-state index in [1.165, 1.54) is 44.9 Å². The molecular formula is C23H36N4O. The van der Waals surface area contributed by atoms with Crippen molar-refractivity contribution in [1.29, 1.82) is 0 Å². The van der Waals surface area contributed by atoms with Gasteiger partial charge in [-0.25, -0.2) is 4.98 Å². The molecule has 0 atom stereocenters. The van der Waals surface area contributed by atoms with Gasteiger partial charge >= 0.3 is 0 Å². The maximum atomic E-state index is 13.2. The largest absolute Gasteiger partial charge is 0.354 e. The fraction of sp³-hybridized carbons (Fsp3) is 0.739. The molecule has 0 spiro atoms. The van der Waals surface area contributed by atoms with Crippen molar-refractivity contribution >= 4 is 17.4 Å². The lowest BCUT2D eigenvalue weighted by molar-refractivity contribution is -0.128. The third kappa shape index (κ3) is 4.05. The van der Waals surface area contributed by atoms with Crippen LogP contribution in [0.5, 0.6) is 0 Å². The van der Waals surface area contributed by atoms with Gasteiger partial charge in [-0.2, -0.15) is 0 Å². The number of piperazine rings is 1. The molecule has 4 rings (SSSR count). The number of rotatable bonds is 4. The molecule has 1 aromatic heterocycles. The second-order valence-electron chi connectivity index (χ2n) is 9.32. The number of nitrogens with zero attached hydrogens (tertiary/aromatic N) is 4. The van der Waals surface area contributed by atoms with Gasteiger partial charge in [0.2, 0.25) is 5.91 Å². The van der Waals surface area contributed by atoms with Crippen LogP contribution in [0.2, 0.25) is 0 Å². The van der Waals surface area contributed by atoms with Crippen LogP contribution in [0.4, 0.5) is 11.5 Å². The number of aromatic nitrogens is 1. The summed E-state index contributed by atoms with van der Waals surface area (Å²) < 4.78 is 0. The average molecular weight is 385 g/mol. The molecule has 2 saturated carbocycles. The van der Waals surface area contributed by atoms with Gasteiger partial charge < -0.3 is 9.80 Å². The maximum absolute atomic E-state index is 13.2. The van der Waals surface area contributed by atoms with Gasteiger partial charge in [0.15, 0.2) is 0 Å². The fourth-order valence-corrected chi connectivity index (χ4v) is 5.44. The van der Waals surface area contributed by atoms with Crippen molar-refractivity contribution in [3.05, 3.63) is 18.3 Å². The molecule has 0 N–H and O–H groups in total. The molecule has 2 heterocycles. The monoisotopic (exact) mass is 384 g/mol. The molecule has 1 amide bonds. The first-order valence-corrected chi connectivity index (χ1v) is 11.3. The zero-order valence-electron chi connectivity index (χ0n) is 17.7. The molecule has 2 aliphatic carbocycles. The number of anilines is 2. The summed E-state index contributed by atoms with van der Waals surface area (Å²) in [4.78, 5) is 24.7. The molecule has 154 valence electrons. The third-order valence-electron chi connectivity index (χ3n) is 7.37. The summed E-state index contributed by atoms with van der Waals surface area (Å²) in [6.45, 7) is 6.47. The molecule has 5 nitrogen and oxygen atoms in total. The number of pyridine rings is 1. The summed E-state index contributed by atoms with van der Waals surface area (Å²) in [7, 11) is 1.93. The molecule has 0 radical (unpaired) electrons. The molecule has 0 bridgehead atoms. The highest BCUT2D eigenvalue weighted by Gasteiger charge is 2.37. The van der Waals surface area contributed by atoms with E-state index in [9.17, 15) is 4.79 Å². The summed E-state index contributed by atoms with van der Waals surface area (Å²) in [5, 5.41) is 0. The van der Waals surface area contributed by atoms with Crippen LogP contribution in [0, 0.1) is 5.41 Å². The normalized spacial score (nSPS) is 23.7. The van der Waals surface area contributed by atoms with E-state index in [1.54, 1.807) is 0 Å². The molecule has 28 heavy (non-hydrogen) atoms. The first-order chi connectivity index (χ1) is 13.6. The standard InChI is InChI=1S/C23H36N4O/c1-23(11-6-3-7-12-23)22(28)25(2)20-10-13-24-21(18-20)27-16-14-26(15-17-27)19-8-4-5-9-19/h10,13,18-19H,3-9,11-12,14-17H2,1-2H3. The minimum absolute atomic E-state index is 0.205. The van der Waals surface area contributed by atoms with Crippen molar-refractivity contribution in [2.45, 2.75) is 70.8 Å². The molecule has 5 heteroatoms. The van der Waals surface area contributed by atoms with Crippen LogP contribution >= 0.6 is 0 Å². The van der Waals surface area contributed by atoms with Crippen LogP contribution in [0.25, 0.3) is 0 Å². The van der Waals surface area contributed by atoms with Crippen LogP contribution in [-0.2, 0) is 4.79 Å². The smallest absolute Gasteiger partial charge is 0.232 e. The lowest BCUT2D eigenvalue weighted by Gasteiger charge is -2.39. The topological polar surface area (TPSA) is 39.7 Å². The van der Waals surface area contributed by atoms with Crippen molar-refractivity contribution < 1.29 is 4.79 Å². The lowest BCUT2D eigenvalue weighted by atomic mass is 9.74. The second kappa shape index (κ2) is 8.40. The van der Waals surface area contributed by atoms with Gasteiger partial charge in [-0.1, -0.05) is 39.0 Å². The first-order valence-electron chi connectivity index (χ1n) is 11.3. The van der Waals surface area contributed by atoms with Gasteiger partial charge in [-0.3, -0.25) is 9.69 Å². The molecular weight excluding hydrogens is 348 g/mol. The number of hydrogen-bond acceptors (Lipinski definition) is 4. The predicted molar refractivity (Wildman–Crippen MR) is 115 cm³/mol. The third-order valence-corrected chi connectivity index (χ3v) is 7.37. The number of carbonyl (C=O) groups excluding carboxylic acids is 1. The van der Waals surface area contributed by atoms with Gasteiger partial charge in [0.1, 0.15) is 5.82 Å². The zero-order valence-corrected chi connectivity index (χ0v) is 17.7. The predicted octanol–water partition coefficient (Wildman–Crippen LogP) is 4.08. The Morgan fingerprint density at radius 2 is 1.75 bits per heavy atom. The summed E-state index contributed by atoms with van der Waals surface area (Å²) in [6.07, 6.45) is 13.0. The van der Waals surface area contributed by atoms with Crippen LogP contribution in [0.15, 0.2) is 18.3 Å². The Morgan fingerprint density at radius 3 is 2.43 bits per heavy atom. The molecule has 0 unspecified atom stereocenters. The Labute approximate surface area is 170 Å². The number of hydrogen-bond donors (Lipinski definition) is 0. The van der Waals surface area contributed by atoms with E-state index in [4.69, 9.17) is 0 Å². The van der Waals surface area contributed by atoms with Gasteiger partial charge in [0.25, 0.3) is 0 Å². The lowest BCUT2D eigenvalue weighted by Crippen LogP contribution is -2.50. The van der Waals surface area contributed by atoms with E-state index in [0.717, 1.165) is 56.6 Å². The molecule has 3 fully saturated rings. The Morgan fingerprint density at radius 1 is 1.07 bits per heavy atom. The van der Waals surface area contributed by atoms with E-state index in [-0.39, 0.29) is 11.3 Å². The first kappa shape index (κ1) is 19.7. The highest BCUT2D eigenvalue weighted by atomic mass is 16.2. The second-order valence-corrected chi connectivity index (χ2v) is 9.32. The molecule has 1 aromatic rings. The molecule has 1 saturated heterocycles. The number of amides is 1. The molecule has 1 aliphatic heterocycles. The van der Waals surface area contributed by atoms with Crippen molar-refractivity contribution in [3.8, 4) is 0 Å². The van der Waals surface area contributed by atoms with Gasteiger partial charge in [0, 0.05) is 62.6 Å². The summed E-state index contributed by atoms with van der Waals surface area (Å²) in [6, 6.07) is 4.89. The minimum Gasteiger partial charge on any atom is -0.354 e. The highest BCUT2D eigenvalue weighted by Crippen LogP contribution is 2.38. The summed E-state index contributed by atoms with van der Waals surface area (Å²) >= 11 is 0. The van der Waals surface area contributed by atoms with Gasteiger partial charge in [0.05, 0.1) is 0 Å². The Bertz CT molecular complexity index is 671. The van der Waals surface area contributed by atoms with Crippen LogP contribution in [0.1, 0.15) is 64.7 Å². The SMILES string of the molecule is CN(C(=O)C1(C)CCCCC1)c1ccnc(N2CCN(C3CCCC3)CC2)c1. The fourth-order valence-electron chi connectivity index (χ4n) is 5.44. The van der Waals surface area contributed by atoms with Crippen molar-refractivity contribution in [1.82, 2.24) is 9.88 Å². The van der Waals surface area contributed by atoms with Crippen LogP contribution in [0.3, 0.4) is 0 Å².